The number of hydrogen-bond acceptors (Lipinski definition) is 7. The Kier molecular flexibility index (Phi) is 6.31. The van der Waals surface area contributed by atoms with Crippen molar-refractivity contribution in [1.29, 1.82) is 0 Å². The molecule has 1 amide bonds. The molecule has 0 saturated carbocycles. The third kappa shape index (κ3) is 4.61. The number of hydrogen-bond donors (Lipinski definition) is 1. The predicted octanol–water partition coefficient (Wildman–Crippen LogP) is 4.09. The van der Waals surface area contributed by atoms with Crippen molar-refractivity contribution < 1.29 is 18.3 Å². The van der Waals surface area contributed by atoms with E-state index >= 15 is 0 Å². The van der Waals surface area contributed by atoms with Crippen molar-refractivity contribution in [3.63, 3.8) is 0 Å². The van der Waals surface area contributed by atoms with Gasteiger partial charge in [0.2, 0.25) is 0 Å². The minimum atomic E-state index is -3.11. The highest BCUT2D eigenvalue weighted by molar-refractivity contribution is 6.04. The molecule has 0 aromatic carbocycles. The second-order valence-corrected chi connectivity index (χ2v) is 8.50. The van der Waals surface area contributed by atoms with Crippen LogP contribution in [-0.4, -0.2) is 56.8 Å². The van der Waals surface area contributed by atoms with E-state index in [-0.39, 0.29) is 5.56 Å². The molecule has 0 aliphatic carbocycles. The van der Waals surface area contributed by atoms with Crippen LogP contribution in [0, 0.1) is 6.92 Å². The summed E-state index contributed by atoms with van der Waals surface area (Å²) in [4.78, 5) is 28.0. The first-order chi connectivity index (χ1) is 17.4. The number of carbonyl (C=O) groups excluding carboxylic acids is 1. The average Bonchev–Trinajstić information content (AvgIpc) is 3.38. The summed E-state index contributed by atoms with van der Waals surface area (Å²) in [7, 11) is 0. The summed E-state index contributed by atoms with van der Waals surface area (Å²) in [5.74, 6) is -2.75. The number of nitrogens with one attached hydrogen (secondary N) is 1. The van der Waals surface area contributed by atoms with Crippen molar-refractivity contribution in [2.24, 2.45) is 0 Å². The average molecular weight is 494 g/mol. The Morgan fingerprint density at radius 2 is 1.94 bits per heavy atom. The molecular weight excluding hydrogens is 468 g/mol. The number of rotatable bonds is 6. The third-order valence-corrected chi connectivity index (χ3v) is 6.14. The minimum absolute atomic E-state index is 0.0867. The molecular formula is C25H25F2N7O2. The number of halogens is 2. The quantitative estimate of drug-likeness (QED) is 0.432. The molecule has 1 aliphatic rings. The van der Waals surface area contributed by atoms with Crippen LogP contribution in [-0.2, 0) is 10.7 Å². The SMILES string of the molecule is CCC(F)(F)c1cc(C(=O)Nc2cnc(C)c(-c3cc(N4CCOCC4)n4nccc4n3)c2)ccn1. The molecule has 0 unspecified atom stereocenters. The Morgan fingerprint density at radius 3 is 2.72 bits per heavy atom. The van der Waals surface area contributed by atoms with E-state index < -0.39 is 23.9 Å². The number of alkyl halides is 2. The van der Waals surface area contributed by atoms with Crippen LogP contribution in [0.1, 0.15) is 35.1 Å². The monoisotopic (exact) mass is 493 g/mol. The van der Waals surface area contributed by atoms with Crippen LogP contribution in [0.25, 0.3) is 16.9 Å². The number of aryl methyl sites for hydroxylation is 1. The summed E-state index contributed by atoms with van der Waals surface area (Å²) in [6.07, 6.45) is 4.03. The van der Waals surface area contributed by atoms with Gasteiger partial charge in [0.1, 0.15) is 11.5 Å². The number of nitrogens with zero attached hydrogens (tertiary/aromatic N) is 6. The maximum Gasteiger partial charge on any atom is 0.289 e. The molecule has 9 nitrogen and oxygen atoms in total. The zero-order valence-corrected chi connectivity index (χ0v) is 19.9. The first-order valence-corrected chi connectivity index (χ1v) is 11.7. The number of aromatic nitrogens is 5. The normalized spacial score (nSPS) is 14.3. The van der Waals surface area contributed by atoms with Gasteiger partial charge in [0, 0.05) is 54.7 Å². The highest BCUT2D eigenvalue weighted by atomic mass is 19.3. The predicted molar refractivity (Wildman–Crippen MR) is 130 cm³/mol. The molecule has 5 rings (SSSR count). The van der Waals surface area contributed by atoms with Crippen molar-refractivity contribution in [3.05, 3.63) is 65.9 Å². The zero-order chi connectivity index (χ0) is 25.3. The van der Waals surface area contributed by atoms with Crippen LogP contribution in [0.3, 0.4) is 0 Å². The fourth-order valence-electron chi connectivity index (χ4n) is 4.07. The van der Waals surface area contributed by atoms with Crippen molar-refractivity contribution in [2.75, 3.05) is 36.5 Å². The fourth-order valence-corrected chi connectivity index (χ4v) is 4.07. The summed E-state index contributed by atoms with van der Waals surface area (Å²) in [5, 5.41) is 7.17. The van der Waals surface area contributed by atoms with Gasteiger partial charge in [-0.2, -0.15) is 18.4 Å². The molecule has 0 atom stereocenters. The summed E-state index contributed by atoms with van der Waals surface area (Å²) < 4.78 is 35.4. The number of fused-ring (bicyclic) bond motifs is 1. The topological polar surface area (TPSA) is 97.5 Å². The van der Waals surface area contributed by atoms with Crippen LogP contribution in [0.15, 0.2) is 48.9 Å². The molecule has 1 saturated heterocycles. The highest BCUT2D eigenvalue weighted by Gasteiger charge is 2.31. The summed E-state index contributed by atoms with van der Waals surface area (Å²) in [6, 6.07) is 8.07. The Balaban J connectivity index is 1.47. The van der Waals surface area contributed by atoms with Crippen molar-refractivity contribution in [2.45, 2.75) is 26.2 Å². The Morgan fingerprint density at radius 1 is 1.14 bits per heavy atom. The number of amides is 1. The van der Waals surface area contributed by atoms with E-state index in [0.29, 0.717) is 30.2 Å². The lowest BCUT2D eigenvalue weighted by Crippen LogP contribution is -2.37. The number of morpholine rings is 1. The Hall–Kier alpha value is -3.99. The van der Waals surface area contributed by atoms with Crippen LogP contribution in [0.4, 0.5) is 20.3 Å². The van der Waals surface area contributed by atoms with Gasteiger partial charge in [0.25, 0.3) is 11.8 Å². The fraction of sp³-hybridized carbons (Fsp3) is 0.320. The molecule has 36 heavy (non-hydrogen) atoms. The second-order valence-electron chi connectivity index (χ2n) is 8.50. The molecule has 5 heterocycles. The minimum Gasteiger partial charge on any atom is -0.378 e. The lowest BCUT2D eigenvalue weighted by molar-refractivity contribution is -0.0128. The zero-order valence-electron chi connectivity index (χ0n) is 19.9. The highest BCUT2D eigenvalue weighted by Crippen LogP contribution is 2.31. The standard InChI is InChI=1S/C25H25F2N7O2/c1-3-25(26,27)21-12-17(4-6-28-21)24(35)31-18-13-19(16(2)29-15-18)20-14-23(33-8-10-36-11-9-33)34-22(32-20)5-7-30-34/h4-7,12-15H,3,8-11H2,1-2H3,(H,31,35). The van der Waals surface area contributed by atoms with E-state index in [9.17, 15) is 13.6 Å². The van der Waals surface area contributed by atoms with Gasteiger partial charge in [-0.25, -0.2) is 4.98 Å². The molecule has 1 fully saturated rings. The van der Waals surface area contributed by atoms with Gasteiger partial charge >= 0.3 is 0 Å². The molecule has 0 spiro atoms. The van der Waals surface area contributed by atoms with Gasteiger partial charge in [-0.3, -0.25) is 14.8 Å². The van der Waals surface area contributed by atoms with E-state index in [0.717, 1.165) is 36.2 Å². The number of ether oxygens (including phenoxy) is 1. The van der Waals surface area contributed by atoms with Crippen LogP contribution >= 0.6 is 0 Å². The molecule has 1 aliphatic heterocycles. The van der Waals surface area contributed by atoms with Crippen LogP contribution < -0.4 is 10.2 Å². The molecule has 0 radical (unpaired) electrons. The second kappa shape index (κ2) is 9.57. The molecule has 11 heteroatoms. The van der Waals surface area contributed by atoms with Gasteiger partial charge in [0.05, 0.1) is 37.0 Å². The number of anilines is 2. The van der Waals surface area contributed by atoms with E-state index in [2.05, 4.69) is 25.3 Å². The molecule has 0 bridgehead atoms. The van der Waals surface area contributed by atoms with E-state index in [1.54, 1.807) is 16.8 Å². The summed E-state index contributed by atoms with van der Waals surface area (Å²) >= 11 is 0. The Labute approximate surface area is 206 Å². The van der Waals surface area contributed by atoms with Crippen molar-refractivity contribution in [3.8, 4) is 11.3 Å². The summed E-state index contributed by atoms with van der Waals surface area (Å²) in [5.41, 5.74) is 2.90. The van der Waals surface area contributed by atoms with Gasteiger partial charge in [-0.05, 0) is 25.1 Å². The van der Waals surface area contributed by atoms with Gasteiger partial charge in [-0.1, -0.05) is 6.92 Å². The van der Waals surface area contributed by atoms with Crippen molar-refractivity contribution in [1.82, 2.24) is 24.6 Å². The van der Waals surface area contributed by atoms with Gasteiger partial charge in [-0.15, -0.1) is 0 Å². The van der Waals surface area contributed by atoms with Crippen LogP contribution in [0.2, 0.25) is 0 Å². The van der Waals surface area contributed by atoms with Crippen LogP contribution in [0.5, 0.6) is 0 Å². The molecule has 1 N–H and O–H groups in total. The molecule has 186 valence electrons. The number of pyridine rings is 2. The van der Waals surface area contributed by atoms with E-state index in [4.69, 9.17) is 9.72 Å². The maximum absolute atomic E-state index is 14.1. The van der Waals surface area contributed by atoms with Gasteiger partial charge in [0.15, 0.2) is 5.65 Å². The maximum atomic E-state index is 14.1. The lowest BCUT2D eigenvalue weighted by atomic mass is 10.1. The largest absolute Gasteiger partial charge is 0.378 e. The third-order valence-electron chi connectivity index (χ3n) is 6.14. The van der Waals surface area contributed by atoms with E-state index in [1.807, 2.05) is 19.1 Å². The number of carbonyl (C=O) groups is 1. The molecule has 4 aromatic rings. The van der Waals surface area contributed by atoms with E-state index in [1.165, 1.54) is 25.4 Å². The van der Waals surface area contributed by atoms with Crippen molar-refractivity contribution >= 4 is 23.1 Å². The summed E-state index contributed by atoms with van der Waals surface area (Å²) in [6.45, 7) is 5.95. The smallest absolute Gasteiger partial charge is 0.289 e. The molecule has 4 aromatic heterocycles. The Bertz CT molecular complexity index is 1420. The first kappa shape index (κ1) is 23.7. The lowest BCUT2D eigenvalue weighted by Gasteiger charge is -2.29. The van der Waals surface area contributed by atoms with Gasteiger partial charge < -0.3 is 15.0 Å². The first-order valence-electron chi connectivity index (χ1n) is 11.7.